The molecule has 2 N–H and O–H groups in total. The lowest BCUT2D eigenvalue weighted by molar-refractivity contribution is -0.155. The smallest absolute Gasteiger partial charge is 0.310 e. The molecule has 3 aromatic heterocycles. The van der Waals surface area contributed by atoms with Gasteiger partial charge in [0.05, 0.1) is 5.92 Å². The summed E-state index contributed by atoms with van der Waals surface area (Å²) in [6, 6.07) is 17.9. The third-order valence-electron chi connectivity index (χ3n) is 7.16. The van der Waals surface area contributed by atoms with Crippen molar-refractivity contribution in [1.29, 1.82) is 0 Å². The Kier molecular flexibility index (Phi) is 7.69. The van der Waals surface area contributed by atoms with Crippen molar-refractivity contribution in [2.24, 2.45) is 5.92 Å². The van der Waals surface area contributed by atoms with Crippen LogP contribution in [0.15, 0.2) is 67.0 Å². The minimum Gasteiger partial charge on any atom is -0.459 e. The Morgan fingerprint density at radius 2 is 1.75 bits per heavy atom. The number of benzene rings is 1. The lowest BCUT2D eigenvalue weighted by atomic mass is 10.1. The molecule has 0 amide bonds. The van der Waals surface area contributed by atoms with Gasteiger partial charge in [0.1, 0.15) is 29.3 Å². The second-order valence-electron chi connectivity index (χ2n) is 10.3. The third kappa shape index (κ3) is 6.47. The van der Waals surface area contributed by atoms with Crippen molar-refractivity contribution in [2.75, 3.05) is 31.5 Å². The van der Waals surface area contributed by atoms with Crippen molar-refractivity contribution in [1.82, 2.24) is 35.1 Å². The summed E-state index contributed by atoms with van der Waals surface area (Å²) in [5.41, 5.74) is 3.99. The molecule has 2 saturated heterocycles. The van der Waals surface area contributed by atoms with Gasteiger partial charge in [0.2, 0.25) is 0 Å². The maximum Gasteiger partial charge on any atom is 0.310 e. The van der Waals surface area contributed by atoms with Gasteiger partial charge >= 0.3 is 5.97 Å². The molecule has 10 nitrogen and oxygen atoms in total. The average Bonchev–Trinajstić information content (AvgIpc) is 3.41. The van der Waals surface area contributed by atoms with E-state index in [0.717, 1.165) is 61.9 Å². The first-order valence-corrected chi connectivity index (χ1v) is 13.6. The monoisotopic (exact) mass is 536 g/mol. The fourth-order valence-corrected chi connectivity index (χ4v) is 4.88. The zero-order valence-corrected chi connectivity index (χ0v) is 22.5. The van der Waals surface area contributed by atoms with Gasteiger partial charge in [-0.05, 0) is 55.3 Å². The van der Waals surface area contributed by atoms with Crippen LogP contribution in [0.3, 0.4) is 0 Å². The van der Waals surface area contributed by atoms with Crippen molar-refractivity contribution >= 4 is 17.6 Å². The molecule has 0 saturated carbocycles. The van der Waals surface area contributed by atoms with E-state index in [-0.39, 0.29) is 18.0 Å². The number of rotatable bonds is 9. The summed E-state index contributed by atoms with van der Waals surface area (Å²) in [4.78, 5) is 37.3. The number of nitrogens with one attached hydrogen (secondary N) is 2. The van der Waals surface area contributed by atoms with Gasteiger partial charge in [-0.2, -0.15) is 0 Å². The number of pyridine rings is 1. The van der Waals surface area contributed by atoms with E-state index in [4.69, 9.17) is 4.74 Å². The Bertz CT molecular complexity index is 1470. The van der Waals surface area contributed by atoms with E-state index in [0.29, 0.717) is 23.9 Å². The number of likely N-dealkylation sites (tertiary alicyclic amines) is 1. The molecule has 10 heteroatoms. The van der Waals surface area contributed by atoms with Crippen LogP contribution in [0.5, 0.6) is 0 Å². The molecule has 1 atom stereocenters. The minimum absolute atomic E-state index is 0.0222. The molecule has 1 aromatic carbocycles. The van der Waals surface area contributed by atoms with Gasteiger partial charge in [0, 0.05) is 50.7 Å². The van der Waals surface area contributed by atoms with Crippen molar-refractivity contribution in [2.45, 2.75) is 32.4 Å². The molecule has 204 valence electrons. The van der Waals surface area contributed by atoms with E-state index < -0.39 is 0 Å². The highest BCUT2D eigenvalue weighted by atomic mass is 16.5. The van der Waals surface area contributed by atoms with Gasteiger partial charge < -0.3 is 15.4 Å². The number of ether oxygens (including phenoxy) is 1. The minimum atomic E-state index is -0.0514. The fourth-order valence-electron chi connectivity index (χ4n) is 4.88. The highest BCUT2D eigenvalue weighted by Crippen LogP contribution is 2.22. The summed E-state index contributed by atoms with van der Waals surface area (Å²) in [6.07, 6.45) is 4.99. The predicted molar refractivity (Wildman–Crippen MR) is 151 cm³/mol. The van der Waals surface area contributed by atoms with E-state index in [1.165, 1.54) is 5.56 Å². The Morgan fingerprint density at radius 1 is 0.975 bits per heavy atom. The van der Waals surface area contributed by atoms with Crippen molar-refractivity contribution < 1.29 is 9.53 Å². The molecular formula is C30H32N8O2. The number of esters is 1. The number of anilines is 2. The molecule has 0 radical (unpaired) electrons. The molecule has 1 unspecified atom stereocenters. The van der Waals surface area contributed by atoms with Crippen molar-refractivity contribution in [3.63, 3.8) is 0 Å². The maximum absolute atomic E-state index is 12.4. The van der Waals surface area contributed by atoms with Crippen LogP contribution >= 0.6 is 0 Å². The molecule has 2 aliphatic heterocycles. The Hall–Kier alpha value is -4.28. The number of hydrogen-bond acceptors (Lipinski definition) is 10. The highest BCUT2D eigenvalue weighted by molar-refractivity contribution is 5.73. The summed E-state index contributed by atoms with van der Waals surface area (Å²) >= 11 is 0. The third-order valence-corrected chi connectivity index (χ3v) is 7.16. The molecule has 2 aliphatic rings. The summed E-state index contributed by atoms with van der Waals surface area (Å²) < 4.78 is 5.56. The topological polar surface area (TPSA) is 118 Å². The zero-order valence-electron chi connectivity index (χ0n) is 22.5. The molecule has 40 heavy (non-hydrogen) atoms. The summed E-state index contributed by atoms with van der Waals surface area (Å²) in [5, 5.41) is 6.40. The Balaban J connectivity index is 1.03. The zero-order chi connectivity index (χ0) is 27.3. The summed E-state index contributed by atoms with van der Waals surface area (Å²) in [5.74, 6) is 2.50. The average molecular weight is 537 g/mol. The molecule has 5 heterocycles. The van der Waals surface area contributed by atoms with Crippen LogP contribution in [-0.2, 0) is 22.5 Å². The van der Waals surface area contributed by atoms with Crippen LogP contribution in [0.25, 0.3) is 11.5 Å². The van der Waals surface area contributed by atoms with E-state index in [1.807, 2.05) is 31.2 Å². The van der Waals surface area contributed by atoms with Crippen LogP contribution in [0.2, 0.25) is 0 Å². The van der Waals surface area contributed by atoms with Crippen LogP contribution in [-0.4, -0.2) is 68.1 Å². The normalized spacial score (nSPS) is 17.4. The van der Waals surface area contributed by atoms with Crippen molar-refractivity contribution in [3.05, 3.63) is 89.6 Å². The van der Waals surface area contributed by atoms with Gasteiger partial charge in [-0.25, -0.2) is 24.9 Å². The largest absolute Gasteiger partial charge is 0.459 e. The first kappa shape index (κ1) is 26.0. The highest BCUT2D eigenvalue weighted by Gasteiger charge is 2.32. The maximum atomic E-state index is 12.4. The number of nitrogens with zero attached hydrogens (tertiary/aromatic N) is 6. The van der Waals surface area contributed by atoms with Gasteiger partial charge in [-0.15, -0.1) is 0 Å². The van der Waals surface area contributed by atoms with Crippen LogP contribution in [0.1, 0.15) is 29.1 Å². The predicted octanol–water partition coefficient (Wildman–Crippen LogP) is 3.31. The van der Waals surface area contributed by atoms with E-state index in [1.54, 1.807) is 18.5 Å². The number of hydrogen-bond donors (Lipinski definition) is 2. The quantitative estimate of drug-likeness (QED) is 0.309. The first-order chi connectivity index (χ1) is 19.6. The van der Waals surface area contributed by atoms with Crippen LogP contribution < -0.4 is 10.6 Å². The molecule has 0 bridgehead atoms. The van der Waals surface area contributed by atoms with Crippen LogP contribution in [0, 0.1) is 12.8 Å². The lowest BCUT2D eigenvalue weighted by Crippen LogP contribution is -2.50. The Morgan fingerprint density at radius 3 is 2.52 bits per heavy atom. The first-order valence-electron chi connectivity index (χ1n) is 13.6. The molecule has 6 rings (SSSR count). The van der Waals surface area contributed by atoms with Gasteiger partial charge in [0.15, 0.2) is 5.82 Å². The number of carbonyl (C=O) groups excluding carboxylic acids is 1. The molecule has 2 fully saturated rings. The number of carbonyl (C=O) groups is 1. The van der Waals surface area contributed by atoms with E-state index in [2.05, 4.69) is 64.7 Å². The summed E-state index contributed by atoms with van der Waals surface area (Å²) in [6.45, 7) is 5.98. The van der Waals surface area contributed by atoms with E-state index >= 15 is 0 Å². The second kappa shape index (κ2) is 11.8. The molecule has 0 spiro atoms. The lowest BCUT2D eigenvalue weighted by Gasteiger charge is -2.27. The molecule has 0 aliphatic carbocycles. The van der Waals surface area contributed by atoms with Gasteiger partial charge in [-0.3, -0.25) is 9.69 Å². The van der Waals surface area contributed by atoms with Crippen LogP contribution in [0.4, 0.5) is 11.6 Å². The molecular weight excluding hydrogens is 504 g/mol. The van der Waals surface area contributed by atoms with Gasteiger partial charge in [-0.1, -0.05) is 30.3 Å². The number of aromatic nitrogens is 5. The second-order valence-corrected chi connectivity index (χ2v) is 10.3. The van der Waals surface area contributed by atoms with Gasteiger partial charge in [0.25, 0.3) is 0 Å². The fraction of sp³-hybridized carbons (Fsp3) is 0.333. The standard InChI is InChI=1S/C30H32N8O2/c1-20-3-2-4-25(34-20)29-33-13-10-27(37-29)35-26-9-12-32-28(36-26)15-21-5-7-22(8-6-21)18-38-14-11-23(19-38)30(39)40-24-16-31-17-24/h2-10,12-13,23-24,31H,11,14-19H2,1H3,(H,32,33,35,36,37). The SMILES string of the molecule is Cc1cccc(-c2nccc(Nc3ccnc(Cc4ccc(CN5CCC(C(=O)OC6CNC6)C5)cc4)n3)n2)n1. The van der Waals surface area contributed by atoms with Crippen molar-refractivity contribution in [3.8, 4) is 11.5 Å². The summed E-state index contributed by atoms with van der Waals surface area (Å²) in [7, 11) is 0. The Labute approximate surface area is 233 Å². The number of aryl methyl sites for hydroxylation is 1. The molecule has 4 aromatic rings. The van der Waals surface area contributed by atoms with E-state index in [9.17, 15) is 4.79 Å².